The van der Waals surface area contributed by atoms with Crippen molar-refractivity contribution in [1.29, 1.82) is 0 Å². The van der Waals surface area contributed by atoms with Gasteiger partial charge in [0, 0.05) is 30.9 Å². The zero-order chi connectivity index (χ0) is 17.6. The molecule has 1 aliphatic rings. The van der Waals surface area contributed by atoms with E-state index in [-0.39, 0.29) is 6.61 Å². The number of aryl methyl sites for hydroxylation is 1. The third-order valence-electron chi connectivity index (χ3n) is 5.09. The van der Waals surface area contributed by atoms with Crippen molar-refractivity contribution >= 4 is 0 Å². The van der Waals surface area contributed by atoms with Crippen molar-refractivity contribution in [3.63, 3.8) is 0 Å². The number of aliphatic hydroxyl groups is 1. The molecule has 5 nitrogen and oxygen atoms in total. The summed E-state index contributed by atoms with van der Waals surface area (Å²) in [6.45, 7) is 8.62. The lowest BCUT2D eigenvalue weighted by atomic mass is 10.1. The summed E-state index contributed by atoms with van der Waals surface area (Å²) in [5.74, 6) is 0. The number of rotatable bonds is 7. The van der Waals surface area contributed by atoms with Crippen molar-refractivity contribution in [1.82, 2.24) is 14.7 Å². The Kier molecular flexibility index (Phi) is 6.24. The van der Waals surface area contributed by atoms with Crippen LogP contribution in [0, 0.1) is 13.8 Å². The van der Waals surface area contributed by atoms with Crippen molar-refractivity contribution in [3.05, 3.63) is 52.8 Å². The monoisotopic (exact) mass is 343 g/mol. The molecule has 0 unspecified atom stereocenters. The molecule has 1 N–H and O–H groups in total. The van der Waals surface area contributed by atoms with Gasteiger partial charge in [0.1, 0.15) is 0 Å². The summed E-state index contributed by atoms with van der Waals surface area (Å²) in [7, 11) is 0. The van der Waals surface area contributed by atoms with Gasteiger partial charge < -0.3 is 9.84 Å². The quantitative estimate of drug-likeness (QED) is 0.840. The first-order chi connectivity index (χ1) is 12.2. The van der Waals surface area contributed by atoms with Gasteiger partial charge in [-0.15, -0.1) is 0 Å². The third kappa shape index (κ3) is 4.69. The fourth-order valence-corrected chi connectivity index (χ4v) is 3.52. The van der Waals surface area contributed by atoms with Gasteiger partial charge in [0.05, 0.1) is 31.6 Å². The highest BCUT2D eigenvalue weighted by molar-refractivity contribution is 5.24. The van der Waals surface area contributed by atoms with Gasteiger partial charge in [-0.1, -0.05) is 30.3 Å². The lowest BCUT2D eigenvalue weighted by molar-refractivity contribution is -0.00400. The molecule has 0 radical (unpaired) electrons. The Labute approximate surface area is 150 Å². The molecular weight excluding hydrogens is 314 g/mol. The molecule has 0 aliphatic carbocycles. The Hall–Kier alpha value is -1.69. The summed E-state index contributed by atoms with van der Waals surface area (Å²) < 4.78 is 8.00. The van der Waals surface area contributed by atoms with E-state index in [2.05, 4.69) is 48.1 Å². The van der Waals surface area contributed by atoms with Gasteiger partial charge in [0.2, 0.25) is 0 Å². The smallest absolute Gasteiger partial charge is 0.0720 e. The molecule has 2 aromatic rings. The number of hydrogen-bond donors (Lipinski definition) is 1. The average molecular weight is 343 g/mol. The van der Waals surface area contributed by atoms with E-state index < -0.39 is 0 Å². The number of likely N-dealkylation sites (tertiary alicyclic amines) is 1. The number of hydrogen-bond acceptors (Lipinski definition) is 4. The molecule has 1 fully saturated rings. The lowest BCUT2D eigenvalue weighted by Gasteiger charge is -2.32. The highest BCUT2D eigenvalue weighted by atomic mass is 16.5. The van der Waals surface area contributed by atoms with E-state index in [1.165, 1.54) is 16.8 Å². The first kappa shape index (κ1) is 18.1. The molecule has 5 heteroatoms. The molecule has 0 bridgehead atoms. The predicted octanol–water partition coefficient (Wildman–Crippen LogP) is 2.67. The van der Waals surface area contributed by atoms with Crippen LogP contribution in [-0.4, -0.2) is 45.6 Å². The Morgan fingerprint density at radius 1 is 1.16 bits per heavy atom. The number of aromatic nitrogens is 2. The summed E-state index contributed by atoms with van der Waals surface area (Å²) in [6, 6.07) is 10.4. The minimum absolute atomic E-state index is 0.131. The Bertz CT molecular complexity index is 661. The van der Waals surface area contributed by atoms with Gasteiger partial charge in [0.15, 0.2) is 0 Å². The van der Waals surface area contributed by atoms with E-state index in [4.69, 9.17) is 9.84 Å². The van der Waals surface area contributed by atoms with Gasteiger partial charge in [0.25, 0.3) is 0 Å². The first-order valence-corrected chi connectivity index (χ1v) is 9.19. The second-order valence-corrected chi connectivity index (χ2v) is 6.87. The maximum Gasteiger partial charge on any atom is 0.0720 e. The van der Waals surface area contributed by atoms with Crippen LogP contribution in [0.25, 0.3) is 0 Å². The molecule has 1 saturated heterocycles. The first-order valence-electron chi connectivity index (χ1n) is 9.19. The zero-order valence-electron chi connectivity index (χ0n) is 15.3. The number of ether oxygens (including phenoxy) is 1. The summed E-state index contributed by atoms with van der Waals surface area (Å²) in [5.41, 5.74) is 4.80. The van der Waals surface area contributed by atoms with Crippen molar-refractivity contribution in [2.45, 2.75) is 52.5 Å². The van der Waals surface area contributed by atoms with Gasteiger partial charge in [-0.25, -0.2) is 0 Å². The van der Waals surface area contributed by atoms with Crippen molar-refractivity contribution in [3.8, 4) is 0 Å². The second kappa shape index (κ2) is 8.61. The molecule has 0 saturated carbocycles. The topological polar surface area (TPSA) is 50.5 Å². The third-order valence-corrected chi connectivity index (χ3v) is 5.09. The Morgan fingerprint density at radius 3 is 2.56 bits per heavy atom. The van der Waals surface area contributed by atoms with E-state index >= 15 is 0 Å². The second-order valence-electron chi connectivity index (χ2n) is 6.87. The van der Waals surface area contributed by atoms with Crippen LogP contribution in [0.4, 0.5) is 0 Å². The molecule has 0 spiro atoms. The van der Waals surface area contributed by atoms with Gasteiger partial charge in [-0.2, -0.15) is 5.10 Å². The maximum atomic E-state index is 9.14. The van der Waals surface area contributed by atoms with E-state index in [0.717, 1.165) is 38.2 Å². The van der Waals surface area contributed by atoms with Crippen LogP contribution < -0.4 is 0 Å². The molecule has 136 valence electrons. The predicted molar refractivity (Wildman–Crippen MR) is 98.3 cm³/mol. The summed E-state index contributed by atoms with van der Waals surface area (Å²) >= 11 is 0. The van der Waals surface area contributed by atoms with Crippen molar-refractivity contribution < 1.29 is 9.84 Å². The fourth-order valence-electron chi connectivity index (χ4n) is 3.52. The highest BCUT2D eigenvalue weighted by Crippen LogP contribution is 2.21. The summed E-state index contributed by atoms with van der Waals surface area (Å²) in [5, 5.41) is 13.7. The van der Waals surface area contributed by atoms with Crippen LogP contribution in [0.2, 0.25) is 0 Å². The summed E-state index contributed by atoms with van der Waals surface area (Å²) in [6.07, 6.45) is 2.52. The fraction of sp³-hybridized carbons (Fsp3) is 0.550. The van der Waals surface area contributed by atoms with E-state index in [0.29, 0.717) is 19.3 Å². The molecular formula is C20H29N3O2. The largest absolute Gasteiger partial charge is 0.394 e. The van der Waals surface area contributed by atoms with E-state index in [9.17, 15) is 0 Å². The van der Waals surface area contributed by atoms with Crippen LogP contribution in [0.3, 0.4) is 0 Å². The van der Waals surface area contributed by atoms with Crippen LogP contribution in [-0.2, 0) is 24.4 Å². The van der Waals surface area contributed by atoms with Crippen LogP contribution in [0.15, 0.2) is 30.3 Å². The molecule has 1 aliphatic heterocycles. The molecule has 1 aromatic heterocycles. The van der Waals surface area contributed by atoms with Gasteiger partial charge in [-0.3, -0.25) is 9.58 Å². The number of benzene rings is 1. The molecule has 3 rings (SSSR count). The van der Waals surface area contributed by atoms with Crippen molar-refractivity contribution in [2.24, 2.45) is 0 Å². The van der Waals surface area contributed by atoms with Gasteiger partial charge >= 0.3 is 0 Å². The highest BCUT2D eigenvalue weighted by Gasteiger charge is 2.22. The Balaban J connectivity index is 1.48. The summed E-state index contributed by atoms with van der Waals surface area (Å²) in [4.78, 5) is 2.49. The Morgan fingerprint density at radius 2 is 1.88 bits per heavy atom. The SMILES string of the molecule is Cc1nn(CCO)c(C)c1CN1CCC(OCc2ccccc2)CC1. The maximum absolute atomic E-state index is 9.14. The molecule has 0 atom stereocenters. The number of nitrogens with zero attached hydrogens (tertiary/aromatic N) is 3. The van der Waals surface area contributed by atoms with E-state index in [1.54, 1.807) is 0 Å². The zero-order valence-corrected chi connectivity index (χ0v) is 15.3. The van der Waals surface area contributed by atoms with Crippen molar-refractivity contribution in [2.75, 3.05) is 19.7 Å². The minimum atomic E-state index is 0.131. The average Bonchev–Trinajstić information content (AvgIpc) is 2.90. The standard InChI is InChI=1S/C20H29N3O2/c1-16-20(17(2)23(21-16)12-13-24)14-22-10-8-19(9-11-22)25-15-18-6-4-3-5-7-18/h3-7,19,24H,8-15H2,1-2H3. The normalized spacial score (nSPS) is 16.4. The molecule has 25 heavy (non-hydrogen) atoms. The van der Waals surface area contributed by atoms with Crippen LogP contribution >= 0.6 is 0 Å². The molecule has 2 heterocycles. The minimum Gasteiger partial charge on any atom is -0.394 e. The van der Waals surface area contributed by atoms with Crippen LogP contribution in [0.5, 0.6) is 0 Å². The molecule has 1 aromatic carbocycles. The molecule has 0 amide bonds. The number of piperidine rings is 1. The van der Waals surface area contributed by atoms with Gasteiger partial charge in [-0.05, 0) is 32.3 Å². The lowest BCUT2D eigenvalue weighted by Crippen LogP contribution is -2.36. The number of aliphatic hydroxyl groups excluding tert-OH is 1. The van der Waals surface area contributed by atoms with E-state index in [1.807, 2.05) is 10.7 Å². The van der Waals surface area contributed by atoms with Crippen LogP contribution in [0.1, 0.15) is 35.4 Å².